The summed E-state index contributed by atoms with van der Waals surface area (Å²) in [4.78, 5) is 18.5. The molecule has 6 heteroatoms. The number of anilines is 1. The zero-order valence-electron chi connectivity index (χ0n) is 13.8. The third kappa shape index (κ3) is 3.03. The number of carbonyl (C=O) groups is 1. The van der Waals surface area contributed by atoms with E-state index in [-0.39, 0.29) is 18.0 Å². The summed E-state index contributed by atoms with van der Waals surface area (Å²) in [5.74, 6) is 0.260. The number of piperidine rings is 1. The van der Waals surface area contributed by atoms with Crippen LogP contribution in [-0.4, -0.2) is 38.7 Å². The van der Waals surface area contributed by atoms with Crippen molar-refractivity contribution in [3.63, 3.8) is 0 Å². The molecular weight excluding hydrogens is 316 g/mol. The van der Waals surface area contributed by atoms with Gasteiger partial charge in [0.15, 0.2) is 0 Å². The molecule has 0 unspecified atom stereocenters. The molecule has 1 saturated heterocycles. The molecule has 128 valence electrons. The molecular formula is C19H20N4O2. The highest BCUT2D eigenvalue weighted by atomic mass is 16.3. The van der Waals surface area contributed by atoms with Crippen LogP contribution < -0.4 is 5.32 Å². The van der Waals surface area contributed by atoms with Crippen molar-refractivity contribution in [2.75, 3.05) is 18.4 Å². The average Bonchev–Trinajstić information content (AvgIpc) is 3.00. The van der Waals surface area contributed by atoms with Gasteiger partial charge in [-0.3, -0.25) is 4.98 Å². The molecule has 6 nitrogen and oxygen atoms in total. The van der Waals surface area contributed by atoms with Crippen molar-refractivity contribution in [1.29, 1.82) is 0 Å². The maximum Gasteiger partial charge on any atom is 0.321 e. The van der Waals surface area contributed by atoms with Gasteiger partial charge in [-0.1, -0.05) is 18.2 Å². The number of urea groups is 1. The lowest BCUT2D eigenvalue weighted by molar-refractivity contribution is 0.181. The largest absolute Gasteiger partial charge is 0.494 e. The molecule has 2 N–H and O–H groups in total. The van der Waals surface area contributed by atoms with Crippen molar-refractivity contribution < 1.29 is 9.90 Å². The van der Waals surface area contributed by atoms with Crippen LogP contribution in [0.1, 0.15) is 18.9 Å². The second-order valence-corrected chi connectivity index (χ2v) is 6.31. The summed E-state index contributed by atoms with van der Waals surface area (Å²) in [6, 6.07) is 13.3. The molecule has 1 aromatic carbocycles. The molecule has 25 heavy (non-hydrogen) atoms. The minimum Gasteiger partial charge on any atom is -0.494 e. The van der Waals surface area contributed by atoms with Crippen LogP contribution in [0.25, 0.3) is 10.9 Å². The van der Waals surface area contributed by atoms with Crippen LogP contribution in [0.5, 0.6) is 5.88 Å². The van der Waals surface area contributed by atoms with Crippen molar-refractivity contribution in [3.05, 3.63) is 54.9 Å². The second-order valence-electron chi connectivity index (χ2n) is 6.31. The lowest BCUT2D eigenvalue weighted by atomic mass is 10.1. The second kappa shape index (κ2) is 6.47. The monoisotopic (exact) mass is 336 g/mol. The number of hydrogen-bond acceptors (Lipinski definition) is 3. The Morgan fingerprint density at radius 2 is 1.88 bits per heavy atom. The number of rotatable bonds is 2. The number of amides is 2. The van der Waals surface area contributed by atoms with Crippen molar-refractivity contribution in [3.8, 4) is 5.88 Å². The van der Waals surface area contributed by atoms with E-state index >= 15 is 0 Å². The summed E-state index contributed by atoms with van der Waals surface area (Å²) in [5.41, 5.74) is 1.60. The van der Waals surface area contributed by atoms with E-state index < -0.39 is 0 Å². The first-order valence-corrected chi connectivity index (χ1v) is 8.48. The highest BCUT2D eigenvalue weighted by Gasteiger charge is 2.25. The first-order valence-electron chi connectivity index (χ1n) is 8.48. The van der Waals surface area contributed by atoms with Gasteiger partial charge in [0.25, 0.3) is 0 Å². The third-order valence-corrected chi connectivity index (χ3v) is 4.76. The zero-order valence-corrected chi connectivity index (χ0v) is 13.8. The maximum atomic E-state index is 12.4. The summed E-state index contributed by atoms with van der Waals surface area (Å²) in [5, 5.41) is 14.1. The van der Waals surface area contributed by atoms with Gasteiger partial charge in [-0.15, -0.1) is 0 Å². The van der Waals surface area contributed by atoms with Crippen LogP contribution in [0.15, 0.2) is 54.9 Å². The van der Waals surface area contributed by atoms with Crippen molar-refractivity contribution >= 4 is 22.6 Å². The van der Waals surface area contributed by atoms with E-state index in [1.54, 1.807) is 6.20 Å². The number of likely N-dealkylation sites (tertiary alicyclic amines) is 1. The van der Waals surface area contributed by atoms with E-state index in [9.17, 15) is 9.90 Å². The molecule has 1 aliphatic rings. The number of benzene rings is 1. The molecule has 4 rings (SSSR count). The molecule has 1 aliphatic heterocycles. The van der Waals surface area contributed by atoms with E-state index in [2.05, 4.69) is 10.3 Å². The number of pyridine rings is 1. The van der Waals surface area contributed by atoms with Gasteiger partial charge in [0, 0.05) is 37.2 Å². The van der Waals surface area contributed by atoms with Gasteiger partial charge in [-0.05, 0) is 37.1 Å². The van der Waals surface area contributed by atoms with Gasteiger partial charge in [0.1, 0.15) is 0 Å². The van der Waals surface area contributed by atoms with Crippen LogP contribution in [0.3, 0.4) is 0 Å². The molecule has 0 spiro atoms. The Bertz CT molecular complexity index is 883. The Labute approximate surface area is 145 Å². The Kier molecular flexibility index (Phi) is 4.01. The summed E-state index contributed by atoms with van der Waals surface area (Å²) in [6.07, 6.45) is 5.23. The van der Waals surface area contributed by atoms with Crippen LogP contribution in [0.2, 0.25) is 0 Å². The smallest absolute Gasteiger partial charge is 0.321 e. The summed E-state index contributed by atoms with van der Waals surface area (Å²) in [7, 11) is 0. The lowest BCUT2D eigenvalue weighted by Gasteiger charge is -2.33. The lowest BCUT2D eigenvalue weighted by Crippen LogP contribution is -2.41. The predicted octanol–water partition coefficient (Wildman–Crippen LogP) is 3.61. The number of hydrogen-bond donors (Lipinski definition) is 2. The van der Waals surface area contributed by atoms with Crippen LogP contribution in [0.4, 0.5) is 10.5 Å². The van der Waals surface area contributed by atoms with Crippen LogP contribution >= 0.6 is 0 Å². The number of fused-ring (bicyclic) bond motifs is 1. The fourth-order valence-corrected chi connectivity index (χ4v) is 3.39. The quantitative estimate of drug-likeness (QED) is 0.751. The average molecular weight is 336 g/mol. The number of nitrogens with one attached hydrogen (secondary N) is 1. The van der Waals surface area contributed by atoms with E-state index in [1.807, 2.05) is 58.1 Å². The Morgan fingerprint density at radius 3 is 2.60 bits per heavy atom. The van der Waals surface area contributed by atoms with E-state index in [4.69, 9.17) is 0 Å². The van der Waals surface area contributed by atoms with Gasteiger partial charge in [-0.2, -0.15) is 0 Å². The number of aromatic hydroxyl groups is 1. The molecule has 2 aromatic heterocycles. The number of para-hydroxylation sites is 1. The maximum absolute atomic E-state index is 12.4. The van der Waals surface area contributed by atoms with Crippen LogP contribution in [0, 0.1) is 0 Å². The fourth-order valence-electron chi connectivity index (χ4n) is 3.39. The Balaban J connectivity index is 1.42. The SMILES string of the molecule is O=C(Nc1ccccc1)N1CCC(n2cc3ncccc3c2O)CC1. The van der Waals surface area contributed by atoms with Gasteiger partial charge in [0.2, 0.25) is 5.88 Å². The Hall–Kier alpha value is -3.02. The van der Waals surface area contributed by atoms with Crippen LogP contribution in [-0.2, 0) is 0 Å². The highest BCUT2D eigenvalue weighted by molar-refractivity contribution is 5.89. The van der Waals surface area contributed by atoms with E-state index in [1.165, 1.54) is 0 Å². The molecule has 3 heterocycles. The van der Waals surface area contributed by atoms with E-state index in [0.717, 1.165) is 29.4 Å². The van der Waals surface area contributed by atoms with E-state index in [0.29, 0.717) is 13.1 Å². The van der Waals surface area contributed by atoms with Gasteiger partial charge in [-0.25, -0.2) is 4.79 Å². The molecule has 1 fully saturated rings. The topological polar surface area (TPSA) is 70.4 Å². The number of nitrogens with zero attached hydrogens (tertiary/aromatic N) is 3. The molecule has 0 atom stereocenters. The molecule has 0 aliphatic carbocycles. The zero-order chi connectivity index (χ0) is 17.2. The van der Waals surface area contributed by atoms with Crippen molar-refractivity contribution in [2.24, 2.45) is 0 Å². The third-order valence-electron chi connectivity index (χ3n) is 4.76. The first-order chi connectivity index (χ1) is 12.2. The van der Waals surface area contributed by atoms with Gasteiger partial charge >= 0.3 is 6.03 Å². The Morgan fingerprint density at radius 1 is 1.12 bits per heavy atom. The molecule has 0 radical (unpaired) electrons. The summed E-state index contributed by atoms with van der Waals surface area (Å²) in [6.45, 7) is 1.31. The molecule has 0 saturated carbocycles. The predicted molar refractivity (Wildman–Crippen MR) is 96.7 cm³/mol. The van der Waals surface area contributed by atoms with Crippen molar-refractivity contribution in [2.45, 2.75) is 18.9 Å². The molecule has 2 amide bonds. The molecule has 0 bridgehead atoms. The normalized spacial score (nSPS) is 15.4. The minimum absolute atomic E-state index is 0.0757. The number of aromatic nitrogens is 2. The highest BCUT2D eigenvalue weighted by Crippen LogP contribution is 2.33. The minimum atomic E-state index is -0.0757. The number of carbonyl (C=O) groups excluding carboxylic acids is 1. The van der Waals surface area contributed by atoms with Gasteiger partial charge in [0.05, 0.1) is 10.9 Å². The molecule has 3 aromatic rings. The summed E-state index contributed by atoms with van der Waals surface area (Å²) >= 11 is 0. The summed E-state index contributed by atoms with van der Waals surface area (Å²) < 4.78 is 1.89. The standard InChI is InChI=1S/C19H20N4O2/c24-18-16-7-4-10-20-17(16)13-23(18)15-8-11-22(12-9-15)19(25)21-14-5-2-1-3-6-14/h1-7,10,13,15,24H,8-9,11-12H2,(H,21,25). The van der Waals surface area contributed by atoms with Gasteiger partial charge < -0.3 is 19.9 Å². The first kappa shape index (κ1) is 15.5. The fraction of sp³-hybridized carbons (Fsp3) is 0.263. The van der Waals surface area contributed by atoms with Crippen molar-refractivity contribution in [1.82, 2.24) is 14.5 Å².